The van der Waals surface area contributed by atoms with Gasteiger partial charge in [0.05, 0.1) is 17.7 Å². The third kappa shape index (κ3) is 3.79. The Kier molecular flexibility index (Phi) is 4.94. The fraction of sp³-hybridized carbons (Fsp3) is 0.0870. The van der Waals surface area contributed by atoms with Crippen molar-refractivity contribution < 1.29 is 23.0 Å². The van der Waals surface area contributed by atoms with Crippen LogP contribution in [0.2, 0.25) is 0 Å². The van der Waals surface area contributed by atoms with Crippen molar-refractivity contribution >= 4 is 10.9 Å². The molecule has 1 N–H and O–H groups in total. The average Bonchev–Trinajstić information content (AvgIpc) is 2.72. The zero-order valence-electron chi connectivity index (χ0n) is 15.1. The van der Waals surface area contributed by atoms with E-state index in [1.165, 1.54) is 12.3 Å². The average molecular weight is 395 g/mol. The SMILES string of the molecule is OCc1cnc2c(C(F)(F)F)cccc2c1-c1cccc(Oc2ccccc2)c1. The Morgan fingerprint density at radius 2 is 1.59 bits per heavy atom. The minimum Gasteiger partial charge on any atom is -0.457 e. The summed E-state index contributed by atoms with van der Waals surface area (Å²) in [6.45, 7) is -0.349. The highest BCUT2D eigenvalue weighted by Crippen LogP contribution is 2.39. The van der Waals surface area contributed by atoms with Gasteiger partial charge in [0.2, 0.25) is 0 Å². The van der Waals surface area contributed by atoms with Gasteiger partial charge in [-0.05, 0) is 41.5 Å². The summed E-state index contributed by atoms with van der Waals surface area (Å²) in [5, 5.41) is 10.1. The molecule has 4 aromatic rings. The number of aliphatic hydroxyl groups excluding tert-OH is 1. The smallest absolute Gasteiger partial charge is 0.418 e. The molecule has 0 aliphatic carbocycles. The van der Waals surface area contributed by atoms with Crippen molar-refractivity contribution in [1.82, 2.24) is 4.98 Å². The molecule has 0 saturated heterocycles. The van der Waals surface area contributed by atoms with Crippen LogP contribution in [-0.2, 0) is 12.8 Å². The Balaban J connectivity index is 1.88. The quantitative estimate of drug-likeness (QED) is 0.447. The van der Waals surface area contributed by atoms with Gasteiger partial charge in [0.15, 0.2) is 0 Å². The van der Waals surface area contributed by atoms with Gasteiger partial charge < -0.3 is 9.84 Å². The van der Waals surface area contributed by atoms with Crippen molar-refractivity contribution in [2.24, 2.45) is 0 Å². The number of hydrogen-bond acceptors (Lipinski definition) is 3. The molecule has 0 fully saturated rings. The number of halogens is 3. The molecule has 0 radical (unpaired) electrons. The number of aromatic nitrogens is 1. The van der Waals surface area contributed by atoms with Crippen LogP contribution in [0.3, 0.4) is 0 Å². The lowest BCUT2D eigenvalue weighted by atomic mass is 9.95. The molecule has 0 aliphatic heterocycles. The van der Waals surface area contributed by atoms with E-state index in [9.17, 15) is 18.3 Å². The maximum absolute atomic E-state index is 13.4. The highest BCUT2D eigenvalue weighted by Gasteiger charge is 2.33. The minimum atomic E-state index is -4.53. The third-order valence-corrected chi connectivity index (χ3v) is 4.55. The number of para-hydroxylation sites is 2. The van der Waals surface area contributed by atoms with Gasteiger partial charge in [-0.2, -0.15) is 13.2 Å². The molecular weight excluding hydrogens is 379 g/mol. The van der Waals surface area contributed by atoms with Crippen LogP contribution in [0, 0.1) is 0 Å². The summed E-state index contributed by atoms with van der Waals surface area (Å²) < 4.78 is 46.1. The van der Waals surface area contributed by atoms with Crippen LogP contribution in [0.25, 0.3) is 22.0 Å². The molecule has 3 nitrogen and oxygen atoms in total. The van der Waals surface area contributed by atoms with Crippen LogP contribution in [0.4, 0.5) is 13.2 Å². The first-order chi connectivity index (χ1) is 14.0. The van der Waals surface area contributed by atoms with Crippen LogP contribution < -0.4 is 4.74 Å². The Bertz CT molecular complexity index is 1160. The van der Waals surface area contributed by atoms with E-state index >= 15 is 0 Å². The number of fused-ring (bicyclic) bond motifs is 1. The predicted octanol–water partition coefficient (Wildman–Crippen LogP) is 6.21. The molecule has 0 aliphatic rings. The number of aliphatic hydroxyl groups is 1. The van der Waals surface area contributed by atoms with E-state index in [0.717, 1.165) is 6.07 Å². The highest BCUT2D eigenvalue weighted by atomic mass is 19.4. The molecule has 0 amide bonds. The van der Waals surface area contributed by atoms with E-state index in [-0.39, 0.29) is 12.1 Å². The maximum atomic E-state index is 13.4. The summed E-state index contributed by atoms with van der Waals surface area (Å²) in [6.07, 6.45) is -3.24. The predicted molar refractivity (Wildman–Crippen MR) is 105 cm³/mol. The fourth-order valence-electron chi connectivity index (χ4n) is 3.29. The molecule has 0 saturated carbocycles. The maximum Gasteiger partial charge on any atom is 0.418 e. The van der Waals surface area contributed by atoms with E-state index in [2.05, 4.69) is 4.98 Å². The van der Waals surface area contributed by atoms with Crippen LogP contribution in [0.5, 0.6) is 11.5 Å². The molecule has 6 heteroatoms. The first-order valence-electron chi connectivity index (χ1n) is 8.89. The van der Waals surface area contributed by atoms with Gasteiger partial charge in [-0.15, -0.1) is 0 Å². The summed E-state index contributed by atoms with van der Waals surface area (Å²) in [6, 6.07) is 20.1. The standard InChI is InChI=1S/C23H16F3NO2/c24-23(25,26)20-11-5-10-19-21(16(14-28)13-27-22(19)20)15-6-4-9-18(12-15)29-17-7-2-1-3-8-17/h1-13,28H,14H2. The molecule has 146 valence electrons. The lowest BCUT2D eigenvalue weighted by molar-refractivity contribution is -0.136. The van der Waals surface area contributed by atoms with Crippen LogP contribution in [0.15, 0.2) is 79.0 Å². The summed E-state index contributed by atoms with van der Waals surface area (Å²) in [5.41, 5.74) is 0.615. The molecule has 0 atom stereocenters. The molecule has 1 aromatic heterocycles. The number of nitrogens with zero attached hydrogens (tertiary/aromatic N) is 1. The molecule has 29 heavy (non-hydrogen) atoms. The number of alkyl halides is 3. The van der Waals surface area contributed by atoms with Gasteiger partial charge in [0, 0.05) is 17.1 Å². The van der Waals surface area contributed by atoms with Gasteiger partial charge in [-0.3, -0.25) is 4.98 Å². The summed E-state index contributed by atoms with van der Waals surface area (Å²) in [5.74, 6) is 1.18. The summed E-state index contributed by atoms with van der Waals surface area (Å²) in [4.78, 5) is 3.98. The first-order valence-corrected chi connectivity index (χ1v) is 8.89. The molecule has 4 rings (SSSR count). The van der Waals surface area contributed by atoms with Gasteiger partial charge in [0.1, 0.15) is 11.5 Å². The normalized spacial score (nSPS) is 11.6. The Morgan fingerprint density at radius 3 is 2.31 bits per heavy atom. The van der Waals surface area contributed by atoms with Crippen molar-refractivity contribution in [2.45, 2.75) is 12.8 Å². The molecular formula is C23H16F3NO2. The molecule has 0 unspecified atom stereocenters. The van der Waals surface area contributed by atoms with Gasteiger partial charge in [0.25, 0.3) is 0 Å². The van der Waals surface area contributed by atoms with E-state index in [0.29, 0.717) is 33.6 Å². The van der Waals surface area contributed by atoms with E-state index in [1.807, 2.05) is 30.3 Å². The number of ether oxygens (including phenoxy) is 1. The summed E-state index contributed by atoms with van der Waals surface area (Å²) >= 11 is 0. The van der Waals surface area contributed by atoms with Crippen molar-refractivity contribution in [3.05, 3.63) is 90.1 Å². The number of rotatable bonds is 4. The molecule has 0 spiro atoms. The first kappa shape index (κ1) is 19.0. The third-order valence-electron chi connectivity index (χ3n) is 4.55. The van der Waals surface area contributed by atoms with Crippen LogP contribution in [0.1, 0.15) is 11.1 Å². The monoisotopic (exact) mass is 395 g/mol. The van der Waals surface area contributed by atoms with E-state index < -0.39 is 11.7 Å². The zero-order chi connectivity index (χ0) is 20.4. The number of hydrogen-bond donors (Lipinski definition) is 1. The second-order valence-electron chi connectivity index (χ2n) is 6.46. The lowest BCUT2D eigenvalue weighted by Gasteiger charge is -2.16. The van der Waals surface area contributed by atoms with Crippen molar-refractivity contribution in [1.29, 1.82) is 0 Å². The zero-order valence-corrected chi connectivity index (χ0v) is 15.1. The fourth-order valence-corrected chi connectivity index (χ4v) is 3.29. The highest BCUT2D eigenvalue weighted by molar-refractivity contribution is 5.97. The molecule has 0 bridgehead atoms. The second-order valence-corrected chi connectivity index (χ2v) is 6.46. The molecule has 1 heterocycles. The molecule has 3 aromatic carbocycles. The number of pyridine rings is 1. The van der Waals surface area contributed by atoms with Crippen molar-refractivity contribution in [3.8, 4) is 22.6 Å². The van der Waals surface area contributed by atoms with Gasteiger partial charge in [-0.1, -0.05) is 42.5 Å². The van der Waals surface area contributed by atoms with Crippen molar-refractivity contribution in [2.75, 3.05) is 0 Å². The Morgan fingerprint density at radius 1 is 0.862 bits per heavy atom. The van der Waals surface area contributed by atoms with Crippen LogP contribution >= 0.6 is 0 Å². The second kappa shape index (κ2) is 7.56. The Labute approximate surface area is 165 Å². The summed E-state index contributed by atoms with van der Waals surface area (Å²) in [7, 11) is 0. The van der Waals surface area contributed by atoms with Gasteiger partial charge >= 0.3 is 6.18 Å². The van der Waals surface area contributed by atoms with Gasteiger partial charge in [-0.25, -0.2) is 0 Å². The Hall–Kier alpha value is -3.38. The minimum absolute atomic E-state index is 0.151. The van der Waals surface area contributed by atoms with E-state index in [1.54, 1.807) is 30.3 Å². The number of benzene rings is 3. The van der Waals surface area contributed by atoms with Crippen LogP contribution in [-0.4, -0.2) is 10.1 Å². The lowest BCUT2D eigenvalue weighted by Crippen LogP contribution is -2.07. The van der Waals surface area contributed by atoms with E-state index in [4.69, 9.17) is 4.74 Å². The topological polar surface area (TPSA) is 42.4 Å². The largest absolute Gasteiger partial charge is 0.457 e. The van der Waals surface area contributed by atoms with Crippen molar-refractivity contribution in [3.63, 3.8) is 0 Å².